The van der Waals surface area contributed by atoms with Gasteiger partial charge >= 0.3 is 0 Å². The highest BCUT2D eigenvalue weighted by atomic mass is 32.2. The first-order valence-electron chi connectivity index (χ1n) is 10.5. The van der Waals surface area contributed by atoms with Crippen LogP contribution in [0.3, 0.4) is 0 Å². The van der Waals surface area contributed by atoms with E-state index < -0.39 is 9.84 Å². The van der Waals surface area contributed by atoms with E-state index in [4.69, 9.17) is 4.74 Å². The molecule has 2 aromatic carbocycles. The van der Waals surface area contributed by atoms with Crippen molar-refractivity contribution in [3.63, 3.8) is 0 Å². The number of carbonyl (C=O) groups excluding carboxylic acids is 1. The third kappa shape index (κ3) is 4.84. The summed E-state index contributed by atoms with van der Waals surface area (Å²) in [6.45, 7) is 4.10. The molecule has 1 amide bonds. The van der Waals surface area contributed by atoms with E-state index in [1.54, 1.807) is 36.4 Å². The van der Waals surface area contributed by atoms with Crippen LogP contribution >= 0.6 is 0 Å². The number of rotatable bonds is 6. The Hall–Kier alpha value is -2.38. The molecule has 2 aromatic rings. The molecule has 2 heterocycles. The third-order valence-electron chi connectivity index (χ3n) is 5.89. The van der Waals surface area contributed by atoms with Crippen LogP contribution in [-0.2, 0) is 9.84 Å². The third-order valence-corrected chi connectivity index (χ3v) is 7.02. The van der Waals surface area contributed by atoms with Gasteiger partial charge in [-0.15, -0.1) is 0 Å². The van der Waals surface area contributed by atoms with Crippen molar-refractivity contribution in [2.75, 3.05) is 32.4 Å². The normalized spacial score (nSPS) is 19.9. The molecule has 2 aliphatic heterocycles. The van der Waals surface area contributed by atoms with Crippen molar-refractivity contribution in [2.45, 2.75) is 36.6 Å². The Labute approximate surface area is 178 Å². The zero-order chi connectivity index (χ0) is 21.1. The van der Waals surface area contributed by atoms with Crippen LogP contribution in [0.2, 0.25) is 0 Å². The number of hydrogen-bond donors (Lipinski definition) is 0. The summed E-state index contributed by atoms with van der Waals surface area (Å²) in [5.41, 5.74) is 0.670. The lowest BCUT2D eigenvalue weighted by Crippen LogP contribution is -2.42. The van der Waals surface area contributed by atoms with E-state index in [9.17, 15) is 13.2 Å². The van der Waals surface area contributed by atoms with Crippen molar-refractivity contribution in [3.05, 3.63) is 54.1 Å². The van der Waals surface area contributed by atoms with Crippen molar-refractivity contribution in [1.82, 2.24) is 9.80 Å². The highest BCUT2D eigenvalue weighted by molar-refractivity contribution is 7.90. The lowest BCUT2D eigenvalue weighted by Gasteiger charge is -2.28. The van der Waals surface area contributed by atoms with E-state index in [2.05, 4.69) is 4.90 Å². The molecule has 1 atom stereocenters. The second kappa shape index (κ2) is 8.78. The number of likely N-dealkylation sites (tertiary alicyclic amines) is 2. The quantitative estimate of drug-likeness (QED) is 0.704. The van der Waals surface area contributed by atoms with Crippen LogP contribution in [-0.4, -0.2) is 62.6 Å². The van der Waals surface area contributed by atoms with Gasteiger partial charge in [-0.25, -0.2) is 8.42 Å². The Morgan fingerprint density at radius 2 is 1.53 bits per heavy atom. The van der Waals surface area contributed by atoms with Gasteiger partial charge in [0.2, 0.25) is 0 Å². The summed E-state index contributed by atoms with van der Waals surface area (Å²) >= 11 is 0. The lowest BCUT2D eigenvalue weighted by molar-refractivity contribution is 0.0708. The Balaban J connectivity index is 1.39. The van der Waals surface area contributed by atoms with Crippen LogP contribution < -0.4 is 4.74 Å². The number of ether oxygens (including phenoxy) is 1. The van der Waals surface area contributed by atoms with E-state index in [1.165, 1.54) is 31.2 Å². The summed E-state index contributed by atoms with van der Waals surface area (Å²) in [4.78, 5) is 17.8. The monoisotopic (exact) mass is 428 g/mol. The van der Waals surface area contributed by atoms with Crippen molar-refractivity contribution in [1.29, 1.82) is 0 Å². The second-order valence-electron chi connectivity index (χ2n) is 8.17. The molecule has 0 aliphatic carbocycles. The molecular formula is C23H28N2O4S. The molecule has 4 rings (SSSR count). The molecule has 0 aromatic heterocycles. The summed E-state index contributed by atoms with van der Waals surface area (Å²) in [6.07, 6.45) is 5.84. The predicted octanol–water partition coefficient (Wildman–Crippen LogP) is 3.58. The van der Waals surface area contributed by atoms with E-state index >= 15 is 0 Å². The van der Waals surface area contributed by atoms with Gasteiger partial charge in [0.05, 0.1) is 4.90 Å². The fraction of sp³-hybridized carbons (Fsp3) is 0.435. The number of nitrogens with zero attached hydrogens (tertiary/aromatic N) is 2. The van der Waals surface area contributed by atoms with Crippen molar-refractivity contribution in [2.24, 2.45) is 0 Å². The molecule has 2 saturated heterocycles. The average Bonchev–Trinajstić information content (AvgIpc) is 3.40. The summed E-state index contributed by atoms with van der Waals surface area (Å²) in [5.74, 6) is 1.24. The van der Waals surface area contributed by atoms with Crippen LogP contribution in [0.4, 0.5) is 0 Å². The van der Waals surface area contributed by atoms with Gasteiger partial charge in [0.25, 0.3) is 5.91 Å². The molecule has 0 bridgehead atoms. The first-order chi connectivity index (χ1) is 14.4. The molecule has 6 nitrogen and oxygen atoms in total. The number of hydrogen-bond acceptors (Lipinski definition) is 5. The van der Waals surface area contributed by atoms with E-state index in [0.29, 0.717) is 23.1 Å². The van der Waals surface area contributed by atoms with Crippen molar-refractivity contribution >= 4 is 15.7 Å². The fourth-order valence-corrected chi connectivity index (χ4v) is 4.91. The second-order valence-corrected chi connectivity index (χ2v) is 10.2. The molecule has 160 valence electrons. The lowest BCUT2D eigenvalue weighted by atomic mass is 10.1. The largest absolute Gasteiger partial charge is 0.457 e. The minimum atomic E-state index is -3.23. The molecule has 0 radical (unpaired) electrons. The van der Waals surface area contributed by atoms with Crippen LogP contribution in [0.25, 0.3) is 0 Å². The van der Waals surface area contributed by atoms with Crippen molar-refractivity contribution < 1.29 is 17.9 Å². The standard InChI is InChI=1S/C23H28N2O4S/c1-30(27,28)22-12-10-21(11-13-22)29-20-8-6-18(7-9-20)23(26)25-16-4-5-19(25)17-24-14-2-3-15-24/h6-13,19H,2-5,14-17H2,1H3. The number of amides is 1. The predicted molar refractivity (Wildman–Crippen MR) is 116 cm³/mol. The average molecular weight is 429 g/mol. The zero-order valence-corrected chi connectivity index (χ0v) is 18.1. The maximum absolute atomic E-state index is 13.0. The summed E-state index contributed by atoms with van der Waals surface area (Å²) in [5, 5.41) is 0. The first kappa shape index (κ1) is 20.9. The maximum Gasteiger partial charge on any atom is 0.254 e. The topological polar surface area (TPSA) is 66.9 Å². The zero-order valence-electron chi connectivity index (χ0n) is 17.3. The van der Waals surface area contributed by atoms with Crippen molar-refractivity contribution in [3.8, 4) is 11.5 Å². The molecule has 2 aliphatic rings. The van der Waals surface area contributed by atoms with Gasteiger partial charge in [-0.1, -0.05) is 0 Å². The van der Waals surface area contributed by atoms with Gasteiger partial charge in [-0.05, 0) is 87.3 Å². The minimum absolute atomic E-state index is 0.0840. The maximum atomic E-state index is 13.0. The van der Waals surface area contributed by atoms with Gasteiger partial charge in [-0.3, -0.25) is 4.79 Å². The van der Waals surface area contributed by atoms with Gasteiger partial charge < -0.3 is 14.5 Å². The molecule has 7 heteroatoms. The smallest absolute Gasteiger partial charge is 0.254 e. The highest BCUT2D eigenvalue weighted by Gasteiger charge is 2.31. The van der Waals surface area contributed by atoms with Gasteiger partial charge in [0.1, 0.15) is 11.5 Å². The van der Waals surface area contributed by atoms with Crippen LogP contribution in [0.5, 0.6) is 11.5 Å². The van der Waals surface area contributed by atoms with Crippen LogP contribution in [0.15, 0.2) is 53.4 Å². The SMILES string of the molecule is CS(=O)(=O)c1ccc(Oc2ccc(C(=O)N3CCCC3CN3CCCC3)cc2)cc1. The Morgan fingerprint density at radius 1 is 0.933 bits per heavy atom. The van der Waals surface area contributed by atoms with Crippen LogP contribution in [0, 0.1) is 0 Å². The summed E-state index contributed by atoms with van der Waals surface area (Å²) in [6, 6.07) is 13.8. The van der Waals surface area contributed by atoms with E-state index in [1.807, 2.05) is 4.90 Å². The molecule has 2 fully saturated rings. The Bertz CT molecular complexity index is 981. The molecule has 0 N–H and O–H groups in total. The first-order valence-corrected chi connectivity index (χ1v) is 12.4. The van der Waals surface area contributed by atoms with Gasteiger partial charge in [0, 0.05) is 31.0 Å². The molecule has 0 spiro atoms. The number of carbonyl (C=O) groups is 1. The number of benzene rings is 2. The van der Waals surface area contributed by atoms with Gasteiger partial charge in [-0.2, -0.15) is 0 Å². The van der Waals surface area contributed by atoms with Crippen LogP contribution in [0.1, 0.15) is 36.0 Å². The van der Waals surface area contributed by atoms with E-state index in [0.717, 1.165) is 39.0 Å². The summed E-state index contributed by atoms with van der Waals surface area (Å²) < 4.78 is 28.9. The fourth-order valence-electron chi connectivity index (χ4n) is 4.28. The molecule has 1 unspecified atom stereocenters. The minimum Gasteiger partial charge on any atom is -0.457 e. The van der Waals surface area contributed by atoms with Gasteiger partial charge in [0.15, 0.2) is 9.84 Å². The molecule has 30 heavy (non-hydrogen) atoms. The highest BCUT2D eigenvalue weighted by Crippen LogP contribution is 2.26. The number of sulfone groups is 1. The summed E-state index contributed by atoms with van der Waals surface area (Å²) in [7, 11) is -3.23. The Kier molecular flexibility index (Phi) is 6.11. The molecular weight excluding hydrogens is 400 g/mol. The van der Waals surface area contributed by atoms with E-state index in [-0.39, 0.29) is 10.8 Å². The Morgan fingerprint density at radius 3 is 2.13 bits per heavy atom. The molecule has 0 saturated carbocycles.